The Morgan fingerprint density at radius 3 is 2.71 bits per heavy atom. The van der Waals surface area contributed by atoms with E-state index in [4.69, 9.17) is 9.84 Å². The quantitative estimate of drug-likeness (QED) is 0.766. The fourth-order valence-electron chi connectivity index (χ4n) is 3.23. The van der Waals surface area contributed by atoms with E-state index < -0.39 is 12.0 Å². The normalized spacial score (nSPS) is 27.2. The molecule has 2 saturated heterocycles. The van der Waals surface area contributed by atoms with Gasteiger partial charge in [-0.15, -0.1) is 0 Å². The summed E-state index contributed by atoms with van der Waals surface area (Å²) >= 11 is 0. The molecule has 2 N–H and O–H groups in total. The molecule has 2 aliphatic rings. The monoisotopic (exact) mass is 299 g/mol. The number of fused-ring (bicyclic) bond motifs is 2. The van der Waals surface area contributed by atoms with Crippen molar-refractivity contribution in [1.29, 1.82) is 0 Å². The summed E-state index contributed by atoms with van der Waals surface area (Å²) in [6.07, 6.45) is 3.53. The number of nitrogens with zero attached hydrogens (tertiary/aromatic N) is 2. The van der Waals surface area contributed by atoms with Gasteiger partial charge in [0.15, 0.2) is 0 Å². The maximum absolute atomic E-state index is 12.3. The maximum atomic E-state index is 12.3. The van der Waals surface area contributed by atoms with Crippen LogP contribution >= 0.6 is 0 Å². The fourth-order valence-corrected chi connectivity index (χ4v) is 3.23. The number of aliphatic carboxylic acids is 1. The average molecular weight is 299 g/mol. The molecule has 7 nitrogen and oxygen atoms in total. The first kappa shape index (κ1) is 16.0. The minimum atomic E-state index is -1.02. The van der Waals surface area contributed by atoms with E-state index in [0.717, 1.165) is 12.8 Å². The van der Waals surface area contributed by atoms with Crippen molar-refractivity contribution in [3.05, 3.63) is 0 Å². The third-order valence-electron chi connectivity index (χ3n) is 4.64. The fraction of sp³-hybridized carbons (Fsp3) is 0.857. The molecule has 0 aromatic rings. The van der Waals surface area contributed by atoms with Gasteiger partial charge in [0.05, 0.1) is 0 Å². The number of carbonyl (C=O) groups excluding carboxylic acids is 1. The van der Waals surface area contributed by atoms with Crippen LogP contribution in [0.3, 0.4) is 0 Å². The lowest BCUT2D eigenvalue weighted by Crippen LogP contribution is -2.50. The van der Waals surface area contributed by atoms with Gasteiger partial charge in [-0.25, -0.2) is 9.59 Å². The van der Waals surface area contributed by atoms with Gasteiger partial charge in [-0.05, 0) is 26.3 Å². The summed E-state index contributed by atoms with van der Waals surface area (Å²) in [7, 11) is 3.63. The number of carboxylic acids is 1. The first-order chi connectivity index (χ1) is 10.0. The highest BCUT2D eigenvalue weighted by Gasteiger charge is 2.36. The summed E-state index contributed by atoms with van der Waals surface area (Å²) in [5.74, 6) is -1.02. The minimum Gasteiger partial charge on any atom is -0.480 e. The van der Waals surface area contributed by atoms with Gasteiger partial charge in [0.1, 0.15) is 6.04 Å². The van der Waals surface area contributed by atoms with Gasteiger partial charge in [0, 0.05) is 45.3 Å². The molecular formula is C14H25N3O4. The topological polar surface area (TPSA) is 82.1 Å². The summed E-state index contributed by atoms with van der Waals surface area (Å²) in [5.41, 5.74) is 0. The molecule has 21 heavy (non-hydrogen) atoms. The Hall–Kier alpha value is -1.34. The largest absolute Gasteiger partial charge is 0.480 e. The molecule has 2 aliphatic heterocycles. The lowest BCUT2D eigenvalue weighted by molar-refractivity contribution is -0.139. The van der Waals surface area contributed by atoms with Crippen LogP contribution in [0.25, 0.3) is 0 Å². The van der Waals surface area contributed by atoms with E-state index in [2.05, 4.69) is 17.3 Å². The van der Waals surface area contributed by atoms with Gasteiger partial charge < -0.3 is 20.1 Å². The number of urea groups is 1. The number of likely N-dealkylation sites (N-methyl/N-ethyl adjacent to an activating group) is 1. The molecule has 3 unspecified atom stereocenters. The third kappa shape index (κ3) is 3.85. The highest BCUT2D eigenvalue weighted by atomic mass is 16.5. The summed E-state index contributed by atoms with van der Waals surface area (Å²) in [4.78, 5) is 27.6. The zero-order chi connectivity index (χ0) is 15.4. The van der Waals surface area contributed by atoms with Crippen molar-refractivity contribution >= 4 is 12.0 Å². The Morgan fingerprint density at radius 1 is 1.33 bits per heavy atom. The van der Waals surface area contributed by atoms with E-state index >= 15 is 0 Å². The van der Waals surface area contributed by atoms with Crippen LogP contribution in [-0.2, 0) is 9.53 Å². The van der Waals surface area contributed by atoms with E-state index in [1.54, 1.807) is 4.90 Å². The first-order valence-corrected chi connectivity index (χ1v) is 7.52. The molecule has 120 valence electrons. The van der Waals surface area contributed by atoms with Crippen LogP contribution in [0.15, 0.2) is 0 Å². The number of amides is 2. The number of likely N-dealkylation sites (tertiary alicyclic amines) is 1. The molecule has 0 aromatic carbocycles. The summed E-state index contributed by atoms with van der Waals surface area (Å²) in [6, 6.07) is -0.225. The lowest BCUT2D eigenvalue weighted by atomic mass is 10.1. The lowest BCUT2D eigenvalue weighted by Gasteiger charge is -2.27. The summed E-state index contributed by atoms with van der Waals surface area (Å²) in [5, 5.41) is 11.8. The van der Waals surface area contributed by atoms with Crippen molar-refractivity contribution in [3.8, 4) is 0 Å². The Morgan fingerprint density at radius 2 is 2.05 bits per heavy atom. The highest BCUT2D eigenvalue weighted by molar-refractivity contribution is 5.82. The van der Waals surface area contributed by atoms with Crippen LogP contribution in [-0.4, -0.2) is 78.9 Å². The predicted octanol–water partition coefficient (Wildman–Crippen LogP) is 0.354. The molecule has 2 bridgehead atoms. The second-order valence-corrected chi connectivity index (χ2v) is 5.91. The van der Waals surface area contributed by atoms with Crippen LogP contribution in [0.5, 0.6) is 0 Å². The molecule has 0 saturated carbocycles. The van der Waals surface area contributed by atoms with Gasteiger partial charge in [-0.1, -0.05) is 0 Å². The maximum Gasteiger partial charge on any atom is 0.326 e. The Kier molecular flexibility index (Phi) is 5.41. The molecule has 0 aromatic heterocycles. The summed E-state index contributed by atoms with van der Waals surface area (Å²) in [6.45, 7) is 1.67. The number of methoxy groups -OCH3 is 1. The van der Waals surface area contributed by atoms with Crippen LogP contribution in [0.4, 0.5) is 4.79 Å². The molecule has 2 rings (SSSR count). The van der Waals surface area contributed by atoms with Gasteiger partial charge in [-0.2, -0.15) is 0 Å². The summed E-state index contributed by atoms with van der Waals surface area (Å²) < 4.78 is 4.89. The molecule has 0 spiro atoms. The minimum absolute atomic E-state index is 0.275. The number of hydrogen-bond acceptors (Lipinski definition) is 4. The number of rotatable bonds is 5. The van der Waals surface area contributed by atoms with Crippen LogP contribution in [0.2, 0.25) is 0 Å². The molecular weight excluding hydrogens is 274 g/mol. The van der Waals surface area contributed by atoms with Crippen LogP contribution in [0, 0.1) is 0 Å². The van der Waals surface area contributed by atoms with Crippen LogP contribution < -0.4 is 5.32 Å². The number of ether oxygens (including phenoxy) is 1. The van der Waals surface area contributed by atoms with E-state index in [-0.39, 0.29) is 12.5 Å². The van der Waals surface area contributed by atoms with E-state index in [9.17, 15) is 9.59 Å². The highest BCUT2D eigenvalue weighted by Crippen LogP contribution is 2.28. The van der Waals surface area contributed by atoms with Crippen molar-refractivity contribution in [2.45, 2.75) is 43.8 Å². The zero-order valence-electron chi connectivity index (χ0n) is 12.7. The average Bonchev–Trinajstić information content (AvgIpc) is 2.67. The number of hydrogen-bond donors (Lipinski definition) is 2. The SMILES string of the molecule is COCCC(NC(=O)N1CCC2CCC(C1)N2C)C(=O)O. The van der Waals surface area contributed by atoms with Gasteiger partial charge in [0.2, 0.25) is 0 Å². The molecule has 0 radical (unpaired) electrons. The van der Waals surface area contributed by atoms with E-state index in [0.29, 0.717) is 31.8 Å². The van der Waals surface area contributed by atoms with Crippen molar-refractivity contribution in [2.24, 2.45) is 0 Å². The molecule has 2 amide bonds. The smallest absolute Gasteiger partial charge is 0.326 e. The van der Waals surface area contributed by atoms with Crippen molar-refractivity contribution in [1.82, 2.24) is 15.1 Å². The molecule has 7 heteroatoms. The van der Waals surface area contributed by atoms with Gasteiger partial charge in [-0.3, -0.25) is 4.90 Å². The van der Waals surface area contributed by atoms with Crippen molar-refractivity contribution < 1.29 is 19.4 Å². The molecule has 2 heterocycles. The third-order valence-corrected chi connectivity index (χ3v) is 4.64. The Labute approximate surface area is 125 Å². The zero-order valence-corrected chi connectivity index (χ0v) is 12.7. The second-order valence-electron chi connectivity index (χ2n) is 5.91. The van der Waals surface area contributed by atoms with Gasteiger partial charge >= 0.3 is 12.0 Å². The second kappa shape index (κ2) is 7.09. The van der Waals surface area contributed by atoms with Crippen LogP contribution in [0.1, 0.15) is 25.7 Å². The van der Waals surface area contributed by atoms with E-state index in [1.165, 1.54) is 13.5 Å². The van der Waals surface area contributed by atoms with Crippen molar-refractivity contribution in [3.63, 3.8) is 0 Å². The molecule has 3 atom stereocenters. The van der Waals surface area contributed by atoms with Gasteiger partial charge in [0.25, 0.3) is 0 Å². The molecule has 0 aliphatic carbocycles. The molecule has 2 fully saturated rings. The number of carbonyl (C=O) groups is 2. The Bertz CT molecular complexity index is 390. The predicted molar refractivity (Wildman–Crippen MR) is 77.2 cm³/mol. The van der Waals surface area contributed by atoms with E-state index in [1.807, 2.05) is 0 Å². The number of nitrogens with one attached hydrogen (secondary N) is 1. The van der Waals surface area contributed by atoms with Crippen molar-refractivity contribution in [2.75, 3.05) is 33.9 Å². The Balaban J connectivity index is 1.91. The standard InChI is InChI=1S/C14H25N3O4/c1-16-10-3-4-11(16)9-17(7-5-10)14(20)15-12(13(18)19)6-8-21-2/h10-12H,3-9H2,1-2H3,(H,15,20)(H,18,19). The first-order valence-electron chi connectivity index (χ1n) is 7.52. The number of carboxylic acid groups (broad SMARTS) is 1.